The molecule has 0 aliphatic carbocycles. The van der Waals surface area contributed by atoms with Gasteiger partial charge in [0.2, 0.25) is 5.89 Å². The molecule has 0 aliphatic rings. The fourth-order valence-corrected chi connectivity index (χ4v) is 2.39. The molecular weight excluding hydrogens is 292 g/mol. The third-order valence-electron chi connectivity index (χ3n) is 2.66. The van der Waals surface area contributed by atoms with Crippen molar-refractivity contribution in [3.8, 4) is 17.2 Å². The third kappa shape index (κ3) is 2.92. The molecular formula is C14H10N2O4S. The van der Waals surface area contributed by atoms with Gasteiger partial charge in [-0.25, -0.2) is 4.79 Å². The molecule has 2 aromatic heterocycles. The van der Waals surface area contributed by atoms with E-state index in [0.29, 0.717) is 11.6 Å². The average molecular weight is 302 g/mol. The summed E-state index contributed by atoms with van der Waals surface area (Å²) in [5.41, 5.74) is 0.818. The lowest BCUT2D eigenvalue weighted by molar-refractivity contribution is 0.0697. The normalized spacial score (nSPS) is 10.5. The Bertz CT molecular complexity index is 751. The number of hydrogen-bond acceptors (Lipinski definition) is 6. The quantitative estimate of drug-likeness (QED) is 0.779. The molecule has 6 nitrogen and oxygen atoms in total. The molecule has 0 atom stereocenters. The summed E-state index contributed by atoms with van der Waals surface area (Å²) in [4.78, 5) is 11.1. The van der Waals surface area contributed by atoms with Crippen LogP contribution in [0.3, 0.4) is 0 Å². The number of hydrogen-bond donors (Lipinski definition) is 1. The lowest BCUT2D eigenvalue weighted by Gasteiger charge is -2.01. The largest absolute Gasteiger partial charge is 0.482 e. The van der Waals surface area contributed by atoms with Crippen LogP contribution in [-0.2, 0) is 6.61 Å². The number of benzene rings is 1. The van der Waals surface area contributed by atoms with E-state index in [0.717, 1.165) is 16.9 Å². The summed E-state index contributed by atoms with van der Waals surface area (Å²) in [6.45, 7) is 0.0246. The van der Waals surface area contributed by atoms with Crippen LogP contribution in [0.15, 0.2) is 46.2 Å². The van der Waals surface area contributed by atoms with Crippen molar-refractivity contribution in [2.75, 3.05) is 0 Å². The number of nitrogens with zero attached hydrogens (tertiary/aromatic N) is 2. The van der Waals surface area contributed by atoms with Crippen LogP contribution in [0.2, 0.25) is 0 Å². The summed E-state index contributed by atoms with van der Waals surface area (Å²) in [5, 5.41) is 18.5. The van der Waals surface area contributed by atoms with Crippen molar-refractivity contribution >= 4 is 17.3 Å². The van der Waals surface area contributed by atoms with Gasteiger partial charge < -0.3 is 14.3 Å². The van der Waals surface area contributed by atoms with Gasteiger partial charge in [-0.15, -0.1) is 21.5 Å². The van der Waals surface area contributed by atoms with Crippen LogP contribution >= 0.6 is 11.3 Å². The Morgan fingerprint density at radius 2 is 2.05 bits per heavy atom. The van der Waals surface area contributed by atoms with Crippen LogP contribution < -0.4 is 4.74 Å². The van der Waals surface area contributed by atoms with E-state index >= 15 is 0 Å². The fourth-order valence-electron chi connectivity index (χ4n) is 1.72. The second-order valence-corrected chi connectivity index (χ2v) is 4.99. The SMILES string of the molecule is O=C(O)c1sccc1OCc1nnc(-c2ccccc2)o1. The van der Waals surface area contributed by atoms with Crippen LogP contribution in [0.1, 0.15) is 15.6 Å². The maximum atomic E-state index is 11.0. The minimum absolute atomic E-state index is 0.0246. The molecule has 3 aromatic rings. The van der Waals surface area contributed by atoms with Gasteiger partial charge in [-0.1, -0.05) is 18.2 Å². The Labute approximate surface area is 123 Å². The molecule has 0 amide bonds. The molecule has 3 rings (SSSR count). The Hall–Kier alpha value is -2.67. The Morgan fingerprint density at radius 1 is 1.24 bits per heavy atom. The minimum atomic E-state index is -1.02. The standard InChI is InChI=1S/C14H10N2O4S/c17-14(18)12-10(6-7-21-12)19-8-11-15-16-13(20-11)9-4-2-1-3-5-9/h1-7H,8H2,(H,17,18). The summed E-state index contributed by atoms with van der Waals surface area (Å²) in [7, 11) is 0. The molecule has 0 saturated heterocycles. The molecule has 0 aliphatic heterocycles. The second-order valence-electron chi connectivity index (χ2n) is 4.07. The molecule has 1 aromatic carbocycles. The van der Waals surface area contributed by atoms with Crippen molar-refractivity contribution in [1.82, 2.24) is 10.2 Å². The number of ether oxygens (including phenoxy) is 1. The predicted octanol–water partition coefficient (Wildman–Crippen LogP) is 3.08. The Morgan fingerprint density at radius 3 is 2.81 bits per heavy atom. The zero-order valence-corrected chi connectivity index (χ0v) is 11.5. The molecule has 2 heterocycles. The van der Waals surface area contributed by atoms with Gasteiger partial charge in [0.25, 0.3) is 5.89 Å². The van der Waals surface area contributed by atoms with Crippen LogP contribution in [-0.4, -0.2) is 21.3 Å². The summed E-state index contributed by atoms with van der Waals surface area (Å²) >= 11 is 1.10. The molecule has 0 spiro atoms. The third-order valence-corrected chi connectivity index (χ3v) is 3.55. The highest BCUT2D eigenvalue weighted by molar-refractivity contribution is 7.12. The molecule has 0 unspecified atom stereocenters. The van der Waals surface area contributed by atoms with Crippen molar-refractivity contribution in [2.45, 2.75) is 6.61 Å². The molecule has 0 fully saturated rings. The van der Waals surface area contributed by atoms with Gasteiger partial charge >= 0.3 is 5.97 Å². The number of carbonyl (C=O) groups is 1. The van der Waals surface area contributed by atoms with Crippen LogP contribution in [0.5, 0.6) is 5.75 Å². The highest BCUT2D eigenvalue weighted by Crippen LogP contribution is 2.25. The summed E-state index contributed by atoms with van der Waals surface area (Å²) in [6, 6.07) is 11.0. The zero-order valence-electron chi connectivity index (χ0n) is 10.7. The summed E-state index contributed by atoms with van der Waals surface area (Å²) in [6.07, 6.45) is 0. The smallest absolute Gasteiger partial charge is 0.349 e. The molecule has 0 saturated carbocycles. The van der Waals surface area contributed by atoms with E-state index in [9.17, 15) is 4.79 Å². The van der Waals surface area contributed by atoms with Crippen LogP contribution in [0.25, 0.3) is 11.5 Å². The minimum Gasteiger partial charge on any atom is -0.482 e. The van der Waals surface area contributed by atoms with Crippen LogP contribution in [0.4, 0.5) is 0 Å². The number of aromatic nitrogens is 2. The highest BCUT2D eigenvalue weighted by Gasteiger charge is 2.14. The zero-order chi connectivity index (χ0) is 14.7. The van der Waals surface area contributed by atoms with Gasteiger partial charge in [-0.3, -0.25) is 0 Å². The van der Waals surface area contributed by atoms with Crippen molar-refractivity contribution in [3.05, 3.63) is 52.5 Å². The fraction of sp³-hybridized carbons (Fsp3) is 0.0714. The lowest BCUT2D eigenvalue weighted by Crippen LogP contribution is -2.00. The van der Waals surface area contributed by atoms with Gasteiger partial charge in [-0.2, -0.15) is 0 Å². The lowest BCUT2D eigenvalue weighted by atomic mass is 10.2. The van der Waals surface area contributed by atoms with Gasteiger partial charge in [0.15, 0.2) is 11.5 Å². The number of thiophene rings is 1. The first-order valence-electron chi connectivity index (χ1n) is 6.05. The van der Waals surface area contributed by atoms with E-state index in [4.69, 9.17) is 14.3 Å². The van der Waals surface area contributed by atoms with Crippen molar-refractivity contribution in [2.24, 2.45) is 0 Å². The van der Waals surface area contributed by atoms with E-state index in [1.807, 2.05) is 30.3 Å². The monoisotopic (exact) mass is 302 g/mol. The van der Waals surface area contributed by atoms with Gasteiger partial charge in [0.05, 0.1) is 0 Å². The molecule has 0 bridgehead atoms. The van der Waals surface area contributed by atoms with E-state index in [2.05, 4.69) is 10.2 Å². The molecule has 7 heteroatoms. The number of aromatic carboxylic acids is 1. The molecule has 1 N–H and O–H groups in total. The topological polar surface area (TPSA) is 85.5 Å². The maximum absolute atomic E-state index is 11.0. The van der Waals surface area contributed by atoms with Crippen LogP contribution in [0, 0.1) is 0 Å². The van der Waals surface area contributed by atoms with E-state index in [1.54, 1.807) is 11.4 Å². The summed E-state index contributed by atoms with van der Waals surface area (Å²) < 4.78 is 10.9. The summed E-state index contributed by atoms with van der Waals surface area (Å²) in [5.74, 6) is -0.0307. The molecule has 106 valence electrons. The predicted molar refractivity (Wildman–Crippen MR) is 75.3 cm³/mol. The first-order chi connectivity index (χ1) is 10.2. The van der Waals surface area contributed by atoms with E-state index < -0.39 is 5.97 Å². The Balaban J connectivity index is 1.71. The average Bonchev–Trinajstić information content (AvgIpc) is 3.15. The maximum Gasteiger partial charge on any atom is 0.349 e. The van der Waals surface area contributed by atoms with E-state index in [1.165, 1.54) is 0 Å². The van der Waals surface area contributed by atoms with E-state index in [-0.39, 0.29) is 17.4 Å². The van der Waals surface area contributed by atoms with Crippen molar-refractivity contribution < 1.29 is 19.1 Å². The van der Waals surface area contributed by atoms with Gasteiger partial charge in [0, 0.05) is 5.56 Å². The molecule has 21 heavy (non-hydrogen) atoms. The first kappa shape index (κ1) is 13.3. The van der Waals surface area contributed by atoms with Crippen molar-refractivity contribution in [1.29, 1.82) is 0 Å². The first-order valence-corrected chi connectivity index (χ1v) is 6.93. The van der Waals surface area contributed by atoms with Gasteiger partial charge in [-0.05, 0) is 23.6 Å². The molecule has 0 radical (unpaired) electrons. The van der Waals surface area contributed by atoms with Crippen molar-refractivity contribution in [3.63, 3.8) is 0 Å². The second kappa shape index (κ2) is 5.76. The highest BCUT2D eigenvalue weighted by atomic mass is 32.1. The van der Waals surface area contributed by atoms with Gasteiger partial charge in [0.1, 0.15) is 5.75 Å². The number of rotatable bonds is 5. The number of carboxylic acid groups (broad SMARTS) is 1. The number of carboxylic acids is 1. The Kier molecular flexibility index (Phi) is 3.65.